The highest BCUT2D eigenvalue weighted by atomic mass is 14.0. The lowest BCUT2D eigenvalue weighted by Gasteiger charge is -2.05. The first-order chi connectivity index (χ1) is 7.33. The molecule has 2 aromatic carbocycles. The van der Waals surface area contributed by atoms with Crippen LogP contribution in [0.1, 0.15) is 11.1 Å². The molecule has 0 nitrogen and oxygen atoms in total. The largest absolute Gasteiger partial charge is 0.106 e. The molecule has 0 radical (unpaired) electrons. The van der Waals surface area contributed by atoms with Crippen LogP contribution >= 0.6 is 0 Å². The van der Waals surface area contributed by atoms with E-state index < -0.39 is 0 Å². The molecule has 0 unspecified atom stereocenters. The van der Waals surface area contributed by atoms with Gasteiger partial charge in [0.15, 0.2) is 0 Å². The maximum atomic E-state index is 3.84. The Morgan fingerprint density at radius 2 is 1.67 bits per heavy atom. The molecule has 0 fully saturated rings. The van der Waals surface area contributed by atoms with Gasteiger partial charge in [-0.15, -0.1) is 13.2 Å². The summed E-state index contributed by atoms with van der Waals surface area (Å²) in [6.45, 7) is 12.0. The van der Waals surface area contributed by atoms with Crippen LogP contribution in [-0.4, -0.2) is 0 Å². The third kappa shape index (κ3) is 2.16. The minimum Gasteiger partial charge on any atom is -0.106 e. The summed E-state index contributed by atoms with van der Waals surface area (Å²) in [4.78, 5) is 0. The zero-order valence-electron chi connectivity index (χ0n) is 9.16. The summed E-state index contributed by atoms with van der Waals surface area (Å²) >= 11 is 0. The van der Waals surface area contributed by atoms with Crippen molar-refractivity contribution in [2.75, 3.05) is 0 Å². The molecule has 0 saturated heterocycles. The molecule has 76 valence electrons. The molecule has 0 atom stereocenters. The van der Waals surface area contributed by atoms with Gasteiger partial charge in [-0.25, -0.2) is 0 Å². The molecule has 0 aliphatic rings. The maximum absolute atomic E-state index is 3.84. The van der Waals surface area contributed by atoms with Crippen LogP contribution in [0, 0.1) is 6.92 Å². The van der Waals surface area contributed by atoms with Crippen LogP contribution in [0.4, 0.5) is 0 Å². The Morgan fingerprint density at radius 1 is 1.00 bits per heavy atom. The van der Waals surface area contributed by atoms with E-state index in [9.17, 15) is 0 Å². The molecule has 0 saturated carbocycles. The van der Waals surface area contributed by atoms with Crippen molar-refractivity contribution >= 4 is 16.8 Å². The number of aryl methyl sites for hydroxylation is 1. The van der Waals surface area contributed by atoms with Crippen molar-refractivity contribution in [1.82, 2.24) is 0 Å². The zero-order chi connectivity index (χ0) is 11.3. The molecule has 0 bridgehead atoms. The fourth-order valence-corrected chi connectivity index (χ4v) is 1.68. The van der Waals surface area contributed by atoms with E-state index in [4.69, 9.17) is 0 Å². The summed E-state index contributed by atoms with van der Waals surface area (Å²) in [5.74, 6) is 0. The normalized spacial score (nSPS) is 9.13. The molecule has 0 N–H and O–H groups in total. The van der Waals surface area contributed by atoms with Gasteiger partial charge in [0, 0.05) is 0 Å². The van der Waals surface area contributed by atoms with Crippen molar-refractivity contribution in [3.05, 3.63) is 67.3 Å². The Balaban J connectivity index is 0.000000531. The van der Waals surface area contributed by atoms with Gasteiger partial charge in [-0.3, -0.25) is 0 Å². The van der Waals surface area contributed by atoms with E-state index in [1.165, 1.54) is 21.9 Å². The Bertz CT molecular complexity index is 466. The fraction of sp³-hybridized carbons (Fsp3) is 0.0667. The second-order valence-corrected chi connectivity index (χ2v) is 3.22. The zero-order valence-corrected chi connectivity index (χ0v) is 9.16. The Kier molecular flexibility index (Phi) is 3.87. The monoisotopic (exact) mass is 196 g/mol. The van der Waals surface area contributed by atoms with Crippen LogP contribution in [0.5, 0.6) is 0 Å². The van der Waals surface area contributed by atoms with Crippen molar-refractivity contribution in [3.63, 3.8) is 0 Å². The third-order valence-corrected chi connectivity index (χ3v) is 2.39. The van der Waals surface area contributed by atoms with Crippen molar-refractivity contribution in [2.45, 2.75) is 6.92 Å². The molecule has 2 aromatic rings. The quantitative estimate of drug-likeness (QED) is 0.585. The standard InChI is InChI=1S/C13H12.C2H4/c1-3-12-10(2)8-9-11-6-4-5-7-13(11)12;1-2/h3-9H,1H2,2H3;1-2H2. The van der Waals surface area contributed by atoms with Crippen molar-refractivity contribution in [1.29, 1.82) is 0 Å². The molecule has 0 aliphatic heterocycles. The average molecular weight is 196 g/mol. The summed E-state index contributed by atoms with van der Waals surface area (Å²) in [7, 11) is 0. The highest BCUT2D eigenvalue weighted by Crippen LogP contribution is 2.22. The van der Waals surface area contributed by atoms with E-state index in [1.54, 1.807) is 0 Å². The lowest BCUT2D eigenvalue weighted by atomic mass is 10.00. The molecular weight excluding hydrogens is 180 g/mol. The van der Waals surface area contributed by atoms with E-state index >= 15 is 0 Å². The summed E-state index contributed by atoms with van der Waals surface area (Å²) in [6, 6.07) is 12.7. The van der Waals surface area contributed by atoms with E-state index in [-0.39, 0.29) is 0 Å². The van der Waals surface area contributed by atoms with Crippen LogP contribution in [0.25, 0.3) is 16.8 Å². The fourth-order valence-electron chi connectivity index (χ4n) is 1.68. The number of rotatable bonds is 1. The van der Waals surface area contributed by atoms with Crippen LogP contribution in [0.15, 0.2) is 56.1 Å². The predicted octanol–water partition coefficient (Wildman–Crippen LogP) is 4.59. The van der Waals surface area contributed by atoms with Crippen molar-refractivity contribution < 1.29 is 0 Å². The Labute approximate surface area is 91.6 Å². The van der Waals surface area contributed by atoms with Crippen LogP contribution in [-0.2, 0) is 0 Å². The predicted molar refractivity (Wildman–Crippen MR) is 70.0 cm³/mol. The maximum Gasteiger partial charge on any atom is -0.0109 e. The van der Waals surface area contributed by atoms with Gasteiger partial charge in [0.25, 0.3) is 0 Å². The van der Waals surface area contributed by atoms with Crippen molar-refractivity contribution in [2.24, 2.45) is 0 Å². The van der Waals surface area contributed by atoms with Gasteiger partial charge in [-0.05, 0) is 28.8 Å². The first-order valence-electron chi connectivity index (χ1n) is 4.93. The number of benzene rings is 2. The van der Waals surface area contributed by atoms with E-state index in [1.807, 2.05) is 6.08 Å². The van der Waals surface area contributed by atoms with Gasteiger partial charge in [-0.1, -0.05) is 49.1 Å². The first kappa shape index (κ1) is 11.3. The molecule has 0 heteroatoms. The number of fused-ring (bicyclic) bond motifs is 1. The van der Waals surface area contributed by atoms with Gasteiger partial charge in [0.2, 0.25) is 0 Å². The first-order valence-corrected chi connectivity index (χ1v) is 4.93. The molecule has 0 heterocycles. The minimum atomic E-state index is 1.25. The molecule has 0 aromatic heterocycles. The highest BCUT2D eigenvalue weighted by molar-refractivity contribution is 5.91. The van der Waals surface area contributed by atoms with Gasteiger partial charge >= 0.3 is 0 Å². The molecule has 0 spiro atoms. The van der Waals surface area contributed by atoms with Crippen LogP contribution < -0.4 is 0 Å². The van der Waals surface area contributed by atoms with E-state index in [2.05, 4.69) is 63.1 Å². The van der Waals surface area contributed by atoms with Crippen molar-refractivity contribution in [3.8, 4) is 0 Å². The van der Waals surface area contributed by atoms with Crippen LogP contribution in [0.3, 0.4) is 0 Å². The van der Waals surface area contributed by atoms with E-state index in [0.717, 1.165) is 0 Å². The molecule has 0 aliphatic carbocycles. The van der Waals surface area contributed by atoms with Gasteiger partial charge < -0.3 is 0 Å². The molecular formula is C15H16. The number of hydrogen-bond donors (Lipinski definition) is 0. The topological polar surface area (TPSA) is 0 Å². The van der Waals surface area contributed by atoms with E-state index in [0.29, 0.717) is 0 Å². The average Bonchev–Trinajstić information content (AvgIpc) is 2.32. The molecule has 2 rings (SSSR count). The molecule has 15 heavy (non-hydrogen) atoms. The SMILES string of the molecule is C=C.C=Cc1c(C)ccc2ccccc12. The van der Waals surface area contributed by atoms with Gasteiger partial charge in [0.1, 0.15) is 0 Å². The minimum absolute atomic E-state index is 1.25. The summed E-state index contributed by atoms with van der Waals surface area (Å²) in [5, 5.41) is 2.57. The highest BCUT2D eigenvalue weighted by Gasteiger charge is 1.99. The smallest absolute Gasteiger partial charge is 0.0109 e. The second kappa shape index (κ2) is 5.16. The van der Waals surface area contributed by atoms with Crippen LogP contribution in [0.2, 0.25) is 0 Å². The van der Waals surface area contributed by atoms with Gasteiger partial charge in [0.05, 0.1) is 0 Å². The van der Waals surface area contributed by atoms with Gasteiger partial charge in [-0.2, -0.15) is 0 Å². The summed E-state index contributed by atoms with van der Waals surface area (Å²) in [6.07, 6.45) is 1.93. The lowest BCUT2D eigenvalue weighted by Crippen LogP contribution is -1.82. The Hall–Kier alpha value is -1.82. The molecule has 0 amide bonds. The summed E-state index contributed by atoms with van der Waals surface area (Å²) < 4.78 is 0. The number of hydrogen-bond acceptors (Lipinski definition) is 0. The second-order valence-electron chi connectivity index (χ2n) is 3.22. The Morgan fingerprint density at radius 3 is 2.33 bits per heavy atom. The summed E-state index contributed by atoms with van der Waals surface area (Å²) in [5.41, 5.74) is 2.53. The lowest BCUT2D eigenvalue weighted by molar-refractivity contribution is 1.48. The third-order valence-electron chi connectivity index (χ3n) is 2.39.